The summed E-state index contributed by atoms with van der Waals surface area (Å²) in [6, 6.07) is 17.6. The molecule has 0 aliphatic carbocycles. The summed E-state index contributed by atoms with van der Waals surface area (Å²) in [7, 11) is 0. The maximum Gasteiger partial charge on any atom is 0.127 e. The molecule has 0 amide bonds. The topological polar surface area (TPSA) is 47.0 Å². The molecular weight excluding hydrogens is 262 g/mol. The summed E-state index contributed by atoms with van der Waals surface area (Å²) in [6.07, 6.45) is 5.10. The fraction of sp³-hybridized carbons (Fsp3) is 0.0588. The van der Waals surface area contributed by atoms with Crippen molar-refractivity contribution in [1.82, 2.24) is 9.97 Å². The van der Waals surface area contributed by atoms with Crippen LogP contribution in [0.15, 0.2) is 73.2 Å². The molecule has 1 aromatic heterocycles. The molecule has 0 unspecified atom stereocenters. The highest BCUT2D eigenvalue weighted by Gasteiger charge is 1.98. The minimum absolute atomic E-state index is 0.646. The van der Waals surface area contributed by atoms with Crippen LogP contribution in [-0.4, -0.2) is 9.97 Å². The van der Waals surface area contributed by atoms with E-state index in [1.165, 1.54) is 0 Å². The number of ether oxygens (including phenoxy) is 1. The van der Waals surface area contributed by atoms with E-state index in [0.29, 0.717) is 6.54 Å². The summed E-state index contributed by atoms with van der Waals surface area (Å²) >= 11 is 0. The lowest BCUT2D eigenvalue weighted by Gasteiger charge is -2.08. The van der Waals surface area contributed by atoms with E-state index in [2.05, 4.69) is 15.3 Å². The quantitative estimate of drug-likeness (QED) is 0.768. The fourth-order valence-corrected chi connectivity index (χ4v) is 1.88. The number of nitrogens with one attached hydrogen (secondary N) is 1. The van der Waals surface area contributed by atoms with Gasteiger partial charge in [0.2, 0.25) is 0 Å². The molecule has 0 aliphatic heterocycles. The Bertz CT molecular complexity index is 669. The van der Waals surface area contributed by atoms with Gasteiger partial charge < -0.3 is 10.1 Å². The average molecular weight is 277 g/mol. The van der Waals surface area contributed by atoms with Crippen LogP contribution in [0, 0.1) is 0 Å². The largest absolute Gasteiger partial charge is 0.457 e. The van der Waals surface area contributed by atoms with Gasteiger partial charge in [0, 0.05) is 18.1 Å². The van der Waals surface area contributed by atoms with E-state index in [1.807, 2.05) is 54.6 Å². The van der Waals surface area contributed by atoms with E-state index in [1.54, 1.807) is 18.6 Å². The number of aromatic nitrogens is 2. The second kappa shape index (κ2) is 6.52. The number of hydrogen-bond donors (Lipinski definition) is 1. The van der Waals surface area contributed by atoms with E-state index < -0.39 is 0 Å². The summed E-state index contributed by atoms with van der Waals surface area (Å²) in [5, 5.41) is 3.29. The monoisotopic (exact) mass is 277 g/mol. The predicted molar refractivity (Wildman–Crippen MR) is 82.3 cm³/mol. The minimum atomic E-state index is 0.646. The Hall–Kier alpha value is -2.88. The van der Waals surface area contributed by atoms with E-state index in [9.17, 15) is 0 Å². The van der Waals surface area contributed by atoms with Crippen LogP contribution < -0.4 is 10.1 Å². The number of para-hydroxylation sites is 1. The zero-order valence-corrected chi connectivity index (χ0v) is 11.4. The predicted octanol–water partition coefficient (Wildman–Crippen LogP) is 3.88. The lowest BCUT2D eigenvalue weighted by Crippen LogP contribution is -2.01. The normalized spacial score (nSPS) is 10.1. The number of rotatable bonds is 5. The van der Waals surface area contributed by atoms with Gasteiger partial charge in [-0.3, -0.25) is 9.97 Å². The molecule has 21 heavy (non-hydrogen) atoms. The van der Waals surface area contributed by atoms with E-state index in [0.717, 1.165) is 22.9 Å². The van der Waals surface area contributed by atoms with Gasteiger partial charge in [0.25, 0.3) is 0 Å². The Balaban J connectivity index is 1.59. The maximum atomic E-state index is 5.75. The van der Waals surface area contributed by atoms with Crippen LogP contribution in [0.5, 0.6) is 11.5 Å². The molecule has 104 valence electrons. The molecule has 0 atom stereocenters. The Morgan fingerprint density at radius 1 is 0.857 bits per heavy atom. The molecule has 1 N–H and O–H groups in total. The second-order valence-corrected chi connectivity index (χ2v) is 4.49. The first kappa shape index (κ1) is 13.1. The molecule has 0 fully saturated rings. The highest BCUT2D eigenvalue weighted by atomic mass is 16.5. The Labute approximate surface area is 123 Å². The third kappa shape index (κ3) is 3.79. The van der Waals surface area contributed by atoms with Crippen molar-refractivity contribution in [2.75, 3.05) is 5.32 Å². The third-order valence-electron chi connectivity index (χ3n) is 2.92. The fourth-order valence-electron chi connectivity index (χ4n) is 1.88. The minimum Gasteiger partial charge on any atom is -0.457 e. The van der Waals surface area contributed by atoms with Gasteiger partial charge in [-0.25, -0.2) is 0 Å². The van der Waals surface area contributed by atoms with Crippen LogP contribution in [0.4, 0.5) is 5.69 Å². The van der Waals surface area contributed by atoms with Crippen molar-refractivity contribution in [2.45, 2.75) is 6.54 Å². The van der Waals surface area contributed by atoms with Crippen molar-refractivity contribution >= 4 is 5.69 Å². The highest BCUT2D eigenvalue weighted by molar-refractivity contribution is 5.47. The first-order chi connectivity index (χ1) is 10.4. The standard InChI is InChI=1S/C17H15N3O/c1-2-4-16(5-3-1)21-17-8-6-14(7-9-17)20-13-15-12-18-10-11-19-15/h1-12,20H,13H2. The van der Waals surface area contributed by atoms with Gasteiger partial charge >= 0.3 is 0 Å². The molecule has 0 spiro atoms. The van der Waals surface area contributed by atoms with Crippen molar-refractivity contribution < 1.29 is 4.74 Å². The van der Waals surface area contributed by atoms with Crippen molar-refractivity contribution in [2.24, 2.45) is 0 Å². The number of anilines is 1. The number of nitrogens with zero attached hydrogens (tertiary/aromatic N) is 2. The Morgan fingerprint density at radius 2 is 1.62 bits per heavy atom. The van der Waals surface area contributed by atoms with Crippen molar-refractivity contribution in [3.05, 3.63) is 78.9 Å². The molecule has 0 saturated heterocycles. The van der Waals surface area contributed by atoms with Crippen LogP contribution in [0.1, 0.15) is 5.69 Å². The highest BCUT2D eigenvalue weighted by Crippen LogP contribution is 2.22. The van der Waals surface area contributed by atoms with Gasteiger partial charge in [0.15, 0.2) is 0 Å². The second-order valence-electron chi connectivity index (χ2n) is 4.49. The third-order valence-corrected chi connectivity index (χ3v) is 2.92. The molecule has 4 nitrogen and oxygen atoms in total. The summed E-state index contributed by atoms with van der Waals surface area (Å²) in [5.41, 5.74) is 1.92. The van der Waals surface area contributed by atoms with Crippen LogP contribution in [0.2, 0.25) is 0 Å². The van der Waals surface area contributed by atoms with Crippen LogP contribution in [0.3, 0.4) is 0 Å². The van der Waals surface area contributed by atoms with Crippen molar-refractivity contribution in [3.63, 3.8) is 0 Å². The van der Waals surface area contributed by atoms with Crippen LogP contribution in [-0.2, 0) is 6.54 Å². The molecule has 0 radical (unpaired) electrons. The lowest BCUT2D eigenvalue weighted by atomic mass is 10.3. The summed E-state index contributed by atoms with van der Waals surface area (Å²) < 4.78 is 5.75. The molecule has 1 heterocycles. The van der Waals surface area contributed by atoms with Gasteiger partial charge in [-0.2, -0.15) is 0 Å². The van der Waals surface area contributed by atoms with Crippen molar-refractivity contribution in [3.8, 4) is 11.5 Å². The zero-order valence-electron chi connectivity index (χ0n) is 11.4. The Kier molecular flexibility index (Phi) is 4.07. The lowest BCUT2D eigenvalue weighted by molar-refractivity contribution is 0.483. The molecule has 3 aromatic rings. The van der Waals surface area contributed by atoms with E-state index in [-0.39, 0.29) is 0 Å². The molecule has 2 aromatic carbocycles. The first-order valence-electron chi connectivity index (χ1n) is 6.72. The number of benzene rings is 2. The summed E-state index contributed by atoms with van der Waals surface area (Å²) in [6.45, 7) is 0.646. The average Bonchev–Trinajstić information content (AvgIpc) is 2.56. The Morgan fingerprint density at radius 3 is 2.33 bits per heavy atom. The van der Waals surface area contributed by atoms with Gasteiger partial charge in [-0.15, -0.1) is 0 Å². The van der Waals surface area contributed by atoms with Gasteiger partial charge in [-0.05, 0) is 36.4 Å². The first-order valence-corrected chi connectivity index (χ1v) is 6.72. The van der Waals surface area contributed by atoms with E-state index in [4.69, 9.17) is 4.74 Å². The van der Waals surface area contributed by atoms with Crippen LogP contribution >= 0.6 is 0 Å². The zero-order chi connectivity index (χ0) is 14.3. The molecule has 0 saturated carbocycles. The van der Waals surface area contributed by atoms with Gasteiger partial charge in [-0.1, -0.05) is 18.2 Å². The smallest absolute Gasteiger partial charge is 0.127 e. The van der Waals surface area contributed by atoms with Gasteiger partial charge in [0.1, 0.15) is 11.5 Å². The van der Waals surface area contributed by atoms with Crippen molar-refractivity contribution in [1.29, 1.82) is 0 Å². The maximum absolute atomic E-state index is 5.75. The van der Waals surface area contributed by atoms with E-state index >= 15 is 0 Å². The summed E-state index contributed by atoms with van der Waals surface area (Å²) in [4.78, 5) is 8.25. The molecule has 0 aliphatic rings. The summed E-state index contributed by atoms with van der Waals surface area (Å²) in [5.74, 6) is 1.64. The SMILES string of the molecule is c1ccc(Oc2ccc(NCc3cnccn3)cc2)cc1. The molecule has 3 rings (SSSR count). The molecular formula is C17H15N3O. The molecule has 0 bridgehead atoms. The van der Waals surface area contributed by atoms with Gasteiger partial charge in [0.05, 0.1) is 18.4 Å². The number of hydrogen-bond acceptors (Lipinski definition) is 4. The van der Waals surface area contributed by atoms with Crippen LogP contribution in [0.25, 0.3) is 0 Å². The molecule has 4 heteroatoms.